The second kappa shape index (κ2) is 10.6. The number of fused-ring (bicyclic) bond motifs is 1. The molecular formula is C24H26ClN3O5S2. The molecule has 0 radical (unpaired) electrons. The third-order valence-corrected chi connectivity index (χ3v) is 9.18. The first-order valence-corrected chi connectivity index (χ1v) is 14.0. The van der Waals surface area contributed by atoms with Crippen molar-refractivity contribution in [1.29, 1.82) is 0 Å². The Balaban J connectivity index is 1.52. The number of hydrogen-bond acceptors (Lipinski definition) is 6. The number of piperidine rings is 1. The van der Waals surface area contributed by atoms with Crippen molar-refractivity contribution in [3.05, 3.63) is 57.9 Å². The van der Waals surface area contributed by atoms with Gasteiger partial charge in [0.15, 0.2) is 4.80 Å². The second-order valence-electron chi connectivity index (χ2n) is 8.11. The molecule has 4 rings (SSSR count). The summed E-state index contributed by atoms with van der Waals surface area (Å²) in [4.78, 5) is 30.2. The van der Waals surface area contributed by atoms with Gasteiger partial charge in [0.25, 0.3) is 5.91 Å². The number of nitrogens with zero attached hydrogens (tertiary/aromatic N) is 3. The van der Waals surface area contributed by atoms with Gasteiger partial charge in [0, 0.05) is 30.6 Å². The van der Waals surface area contributed by atoms with Crippen molar-refractivity contribution in [1.82, 2.24) is 8.87 Å². The lowest BCUT2D eigenvalue weighted by Gasteiger charge is -2.29. The fourth-order valence-electron chi connectivity index (χ4n) is 4.09. The van der Waals surface area contributed by atoms with Gasteiger partial charge in [-0.2, -0.15) is 9.30 Å². The Labute approximate surface area is 212 Å². The molecule has 0 saturated carbocycles. The summed E-state index contributed by atoms with van der Waals surface area (Å²) in [6.45, 7) is 5.13. The molecule has 1 aromatic heterocycles. The highest BCUT2D eigenvalue weighted by atomic mass is 35.5. The van der Waals surface area contributed by atoms with Crippen molar-refractivity contribution in [3.8, 4) is 0 Å². The van der Waals surface area contributed by atoms with Crippen LogP contribution in [-0.4, -0.2) is 48.9 Å². The molecule has 0 bridgehead atoms. The van der Waals surface area contributed by atoms with Crippen molar-refractivity contribution < 1.29 is 22.7 Å². The Morgan fingerprint density at radius 2 is 1.80 bits per heavy atom. The Morgan fingerprint density at radius 1 is 1.11 bits per heavy atom. The lowest BCUT2D eigenvalue weighted by Crippen LogP contribution is -2.40. The van der Waals surface area contributed by atoms with Crippen molar-refractivity contribution >= 4 is 55.1 Å². The van der Waals surface area contributed by atoms with E-state index in [0.717, 1.165) is 10.2 Å². The van der Waals surface area contributed by atoms with E-state index in [4.69, 9.17) is 16.3 Å². The van der Waals surface area contributed by atoms with Gasteiger partial charge in [-0.3, -0.25) is 4.79 Å². The topological polar surface area (TPSA) is 98.0 Å². The van der Waals surface area contributed by atoms with Gasteiger partial charge < -0.3 is 9.30 Å². The van der Waals surface area contributed by atoms with Gasteiger partial charge in [-0.15, -0.1) is 0 Å². The normalized spacial score (nSPS) is 16.0. The molecule has 11 heteroatoms. The zero-order valence-electron chi connectivity index (χ0n) is 19.4. The first-order valence-electron chi connectivity index (χ1n) is 11.4. The molecule has 0 spiro atoms. The van der Waals surface area contributed by atoms with Crippen LogP contribution in [0.5, 0.6) is 0 Å². The SMILES string of the molecule is CCOC(=O)c1ccc2c(c1)sc(=NC(=O)C1CCN(S(=O)(=O)c3ccc(Cl)cc3)CC1)n2CC. The third-order valence-electron chi connectivity index (χ3n) is 5.97. The summed E-state index contributed by atoms with van der Waals surface area (Å²) in [6.07, 6.45) is 0.804. The summed E-state index contributed by atoms with van der Waals surface area (Å²) < 4.78 is 35.1. The monoisotopic (exact) mass is 535 g/mol. The van der Waals surface area contributed by atoms with Crippen molar-refractivity contribution in [2.45, 2.75) is 38.1 Å². The maximum absolute atomic E-state index is 13.0. The minimum atomic E-state index is -3.64. The van der Waals surface area contributed by atoms with E-state index in [0.29, 0.717) is 41.4 Å². The van der Waals surface area contributed by atoms with Gasteiger partial charge in [-0.05, 0) is 69.2 Å². The Bertz CT molecular complexity index is 1420. The van der Waals surface area contributed by atoms with Crippen LogP contribution in [-0.2, 0) is 26.1 Å². The summed E-state index contributed by atoms with van der Waals surface area (Å²) in [5, 5.41) is 0.470. The summed E-state index contributed by atoms with van der Waals surface area (Å²) in [5.74, 6) is -0.995. The third kappa shape index (κ3) is 5.35. The summed E-state index contributed by atoms with van der Waals surface area (Å²) in [6, 6.07) is 11.4. The predicted octanol–water partition coefficient (Wildman–Crippen LogP) is 4.08. The predicted molar refractivity (Wildman–Crippen MR) is 135 cm³/mol. The zero-order chi connectivity index (χ0) is 25.2. The molecule has 1 saturated heterocycles. The lowest BCUT2D eigenvalue weighted by atomic mass is 9.98. The first kappa shape index (κ1) is 25.6. The lowest BCUT2D eigenvalue weighted by molar-refractivity contribution is -0.122. The average Bonchev–Trinajstić information content (AvgIpc) is 3.20. The Hall–Kier alpha value is -2.53. The molecule has 1 amide bonds. The zero-order valence-corrected chi connectivity index (χ0v) is 21.8. The van der Waals surface area contributed by atoms with Crippen LogP contribution in [0.15, 0.2) is 52.4 Å². The molecule has 3 aromatic rings. The van der Waals surface area contributed by atoms with Crippen molar-refractivity contribution in [2.24, 2.45) is 10.9 Å². The van der Waals surface area contributed by atoms with Gasteiger partial charge in [-0.1, -0.05) is 22.9 Å². The standard InChI is InChI=1S/C24H26ClN3O5S2/c1-3-28-20-10-5-17(23(30)33-4-2)15-21(20)34-24(28)26-22(29)16-11-13-27(14-12-16)35(31,32)19-8-6-18(25)7-9-19/h5-10,15-16H,3-4,11-14H2,1-2H3. The largest absolute Gasteiger partial charge is 0.462 e. The minimum absolute atomic E-state index is 0.188. The van der Waals surface area contributed by atoms with Crippen LogP contribution >= 0.6 is 22.9 Å². The Kier molecular flexibility index (Phi) is 7.75. The molecule has 0 N–H and O–H groups in total. The van der Waals surface area contributed by atoms with E-state index in [1.165, 1.54) is 27.8 Å². The minimum Gasteiger partial charge on any atom is -0.462 e. The van der Waals surface area contributed by atoms with Crippen LogP contribution in [0, 0.1) is 5.92 Å². The van der Waals surface area contributed by atoms with Crippen molar-refractivity contribution in [2.75, 3.05) is 19.7 Å². The van der Waals surface area contributed by atoms with Crippen LogP contribution in [0.3, 0.4) is 0 Å². The van der Waals surface area contributed by atoms with E-state index in [1.807, 2.05) is 17.6 Å². The molecule has 186 valence electrons. The molecule has 1 aliphatic heterocycles. The van der Waals surface area contributed by atoms with Crippen molar-refractivity contribution in [3.63, 3.8) is 0 Å². The molecule has 2 heterocycles. The van der Waals surface area contributed by atoms with Crippen LogP contribution in [0.4, 0.5) is 0 Å². The number of carbonyl (C=O) groups is 2. The molecule has 0 atom stereocenters. The van der Waals surface area contributed by atoms with Gasteiger partial charge in [0.2, 0.25) is 10.0 Å². The van der Waals surface area contributed by atoms with Gasteiger partial charge in [0.05, 0.1) is 27.3 Å². The summed E-state index contributed by atoms with van der Waals surface area (Å²) in [5.41, 5.74) is 1.34. The van der Waals surface area contributed by atoms with Gasteiger partial charge in [-0.25, -0.2) is 13.2 Å². The number of sulfonamides is 1. The highest BCUT2D eigenvalue weighted by Crippen LogP contribution is 2.26. The summed E-state index contributed by atoms with van der Waals surface area (Å²) in [7, 11) is -3.64. The maximum Gasteiger partial charge on any atom is 0.338 e. The van der Waals surface area contributed by atoms with E-state index in [-0.39, 0.29) is 35.8 Å². The fraction of sp³-hybridized carbons (Fsp3) is 0.375. The van der Waals surface area contributed by atoms with E-state index in [1.54, 1.807) is 31.2 Å². The van der Waals surface area contributed by atoms with E-state index >= 15 is 0 Å². The fourth-order valence-corrected chi connectivity index (χ4v) is 6.82. The van der Waals surface area contributed by atoms with Crippen LogP contribution in [0.25, 0.3) is 10.2 Å². The van der Waals surface area contributed by atoms with Gasteiger partial charge in [0.1, 0.15) is 0 Å². The van der Waals surface area contributed by atoms with E-state index < -0.39 is 10.0 Å². The molecular weight excluding hydrogens is 510 g/mol. The van der Waals surface area contributed by atoms with Gasteiger partial charge >= 0.3 is 5.97 Å². The molecule has 8 nitrogen and oxygen atoms in total. The molecule has 1 fully saturated rings. The first-order chi connectivity index (χ1) is 16.7. The molecule has 0 unspecified atom stereocenters. The number of hydrogen-bond donors (Lipinski definition) is 0. The van der Waals surface area contributed by atoms with Crippen LogP contribution < -0.4 is 4.80 Å². The quantitative estimate of drug-likeness (QED) is 0.443. The maximum atomic E-state index is 13.0. The number of aromatic nitrogens is 1. The second-order valence-corrected chi connectivity index (χ2v) is 11.5. The average molecular weight is 536 g/mol. The molecule has 1 aliphatic rings. The van der Waals surface area contributed by atoms with E-state index in [9.17, 15) is 18.0 Å². The van der Waals surface area contributed by atoms with Crippen LogP contribution in [0.1, 0.15) is 37.0 Å². The number of esters is 1. The van der Waals surface area contributed by atoms with Crippen LogP contribution in [0.2, 0.25) is 5.02 Å². The number of thiazole rings is 1. The highest BCUT2D eigenvalue weighted by Gasteiger charge is 2.32. The number of ether oxygens (including phenoxy) is 1. The number of benzene rings is 2. The Morgan fingerprint density at radius 3 is 2.43 bits per heavy atom. The number of aryl methyl sites for hydroxylation is 1. The molecule has 35 heavy (non-hydrogen) atoms. The molecule has 2 aromatic carbocycles. The van der Waals surface area contributed by atoms with E-state index in [2.05, 4.69) is 4.99 Å². The number of amides is 1. The molecule has 0 aliphatic carbocycles. The smallest absolute Gasteiger partial charge is 0.338 e. The summed E-state index contributed by atoms with van der Waals surface area (Å²) >= 11 is 7.22. The number of rotatable bonds is 6. The number of carbonyl (C=O) groups excluding carboxylic acids is 2. The number of halogens is 1. The highest BCUT2D eigenvalue weighted by molar-refractivity contribution is 7.89.